The van der Waals surface area contributed by atoms with Gasteiger partial charge in [-0.2, -0.15) is 0 Å². The lowest BCUT2D eigenvalue weighted by molar-refractivity contribution is -0.139. The molecule has 0 bridgehead atoms. The third-order valence-electron chi connectivity index (χ3n) is 6.73. The van der Waals surface area contributed by atoms with Gasteiger partial charge in [0, 0.05) is 6.54 Å². The number of ether oxygens (including phenoxy) is 1. The summed E-state index contributed by atoms with van der Waals surface area (Å²) in [6.45, 7) is 8.73. The predicted molar refractivity (Wildman–Crippen MR) is 140 cm³/mol. The first-order chi connectivity index (χ1) is 16.7. The molecule has 182 valence electrons. The monoisotopic (exact) mass is 471 g/mol. The van der Waals surface area contributed by atoms with Crippen LogP contribution in [0.4, 0.5) is 0 Å². The molecule has 0 aliphatic carbocycles. The predicted octanol–water partition coefficient (Wildman–Crippen LogP) is 6.37. The minimum absolute atomic E-state index is 0.104. The van der Waals surface area contributed by atoms with Gasteiger partial charge in [-0.05, 0) is 45.9 Å². The quantitative estimate of drug-likeness (QED) is 0.258. The number of likely N-dealkylation sites (tertiary alicyclic amines) is 1. The number of carbonyl (C=O) groups excluding carboxylic acids is 2. The SMILES string of the molecule is CCCCN1C(=O)C(=O)/C(=C(/O)c2cc(C(C)(C)C)ccc2OC)C1c1cccc2ccccc12. The lowest BCUT2D eigenvalue weighted by atomic mass is 9.85. The van der Waals surface area contributed by atoms with Crippen LogP contribution < -0.4 is 4.74 Å². The lowest BCUT2D eigenvalue weighted by Crippen LogP contribution is -2.30. The number of methoxy groups -OCH3 is 1. The lowest BCUT2D eigenvalue weighted by Gasteiger charge is -2.27. The van der Waals surface area contributed by atoms with Gasteiger partial charge in [0.25, 0.3) is 11.7 Å². The molecular weight excluding hydrogens is 438 g/mol. The van der Waals surface area contributed by atoms with Gasteiger partial charge in [0.2, 0.25) is 0 Å². The van der Waals surface area contributed by atoms with Crippen molar-refractivity contribution in [3.05, 3.63) is 82.9 Å². The smallest absolute Gasteiger partial charge is 0.295 e. The highest BCUT2D eigenvalue weighted by Crippen LogP contribution is 2.43. The molecule has 3 aromatic carbocycles. The van der Waals surface area contributed by atoms with E-state index in [1.54, 1.807) is 11.0 Å². The number of ketones is 1. The molecule has 1 atom stereocenters. The summed E-state index contributed by atoms with van der Waals surface area (Å²) in [6.07, 6.45) is 1.64. The second-order valence-corrected chi connectivity index (χ2v) is 10.1. The van der Waals surface area contributed by atoms with Crippen molar-refractivity contribution in [2.24, 2.45) is 0 Å². The fourth-order valence-electron chi connectivity index (χ4n) is 4.76. The second kappa shape index (κ2) is 9.57. The number of benzene rings is 3. The first-order valence-corrected chi connectivity index (χ1v) is 12.1. The van der Waals surface area contributed by atoms with E-state index in [4.69, 9.17) is 4.74 Å². The average molecular weight is 472 g/mol. The van der Waals surface area contributed by atoms with Gasteiger partial charge in [0.15, 0.2) is 0 Å². The maximum absolute atomic E-state index is 13.4. The minimum atomic E-state index is -0.685. The summed E-state index contributed by atoms with van der Waals surface area (Å²) in [6, 6.07) is 18.7. The van der Waals surface area contributed by atoms with Crippen molar-refractivity contribution in [2.75, 3.05) is 13.7 Å². The molecule has 3 aromatic rings. The number of amides is 1. The van der Waals surface area contributed by atoms with Crippen molar-refractivity contribution in [3.63, 3.8) is 0 Å². The number of fused-ring (bicyclic) bond motifs is 1. The number of aliphatic hydroxyl groups excluding tert-OH is 1. The second-order valence-electron chi connectivity index (χ2n) is 10.1. The van der Waals surface area contributed by atoms with Crippen molar-refractivity contribution in [1.29, 1.82) is 0 Å². The highest BCUT2D eigenvalue weighted by Gasteiger charge is 2.46. The van der Waals surface area contributed by atoms with E-state index in [0.717, 1.165) is 34.7 Å². The van der Waals surface area contributed by atoms with E-state index in [0.29, 0.717) is 17.9 Å². The van der Waals surface area contributed by atoms with Gasteiger partial charge in [-0.15, -0.1) is 0 Å². The summed E-state index contributed by atoms with van der Waals surface area (Å²) in [5.74, 6) is -1.00. The summed E-state index contributed by atoms with van der Waals surface area (Å²) >= 11 is 0. The van der Waals surface area contributed by atoms with Gasteiger partial charge in [-0.25, -0.2) is 0 Å². The van der Waals surface area contributed by atoms with E-state index in [1.807, 2.05) is 61.5 Å². The molecule has 4 rings (SSSR count). The topological polar surface area (TPSA) is 66.8 Å². The van der Waals surface area contributed by atoms with Crippen molar-refractivity contribution in [2.45, 2.75) is 52.0 Å². The first-order valence-electron chi connectivity index (χ1n) is 12.1. The van der Waals surface area contributed by atoms with Crippen LogP contribution in [-0.4, -0.2) is 35.4 Å². The molecule has 35 heavy (non-hydrogen) atoms. The average Bonchev–Trinajstić information content (AvgIpc) is 3.10. The van der Waals surface area contributed by atoms with Crippen LogP contribution in [0.25, 0.3) is 16.5 Å². The Bertz CT molecular complexity index is 1310. The van der Waals surface area contributed by atoms with Crippen LogP contribution in [0.15, 0.2) is 66.2 Å². The zero-order valence-corrected chi connectivity index (χ0v) is 21.1. The molecule has 1 heterocycles. The normalized spacial score (nSPS) is 17.9. The Morgan fingerprint density at radius 1 is 1.03 bits per heavy atom. The van der Waals surface area contributed by atoms with E-state index in [9.17, 15) is 14.7 Å². The first kappa shape index (κ1) is 24.5. The Hall–Kier alpha value is -3.60. The number of unbranched alkanes of at least 4 members (excludes halogenated alkanes) is 1. The highest BCUT2D eigenvalue weighted by molar-refractivity contribution is 6.46. The molecule has 5 heteroatoms. The molecule has 0 spiro atoms. The molecule has 5 nitrogen and oxygen atoms in total. The molecular formula is C30H33NO4. The molecule has 0 radical (unpaired) electrons. The molecule has 1 N–H and O–H groups in total. The summed E-state index contributed by atoms with van der Waals surface area (Å²) in [7, 11) is 1.53. The number of carbonyl (C=O) groups is 2. The van der Waals surface area contributed by atoms with Gasteiger partial charge >= 0.3 is 0 Å². The van der Waals surface area contributed by atoms with Crippen molar-refractivity contribution >= 4 is 28.2 Å². The van der Waals surface area contributed by atoms with Crippen LogP contribution in [-0.2, 0) is 15.0 Å². The largest absolute Gasteiger partial charge is 0.507 e. The standard InChI is InChI=1S/C30H33NO4/c1-6-7-17-31-26(22-14-10-12-19-11-8-9-13-21(19)22)25(28(33)29(31)34)27(32)23-18-20(30(2,3)4)15-16-24(23)35-5/h8-16,18,26,32H,6-7,17H2,1-5H3/b27-25+. The van der Waals surface area contributed by atoms with Gasteiger partial charge in [0.05, 0.1) is 24.3 Å². The molecule has 1 unspecified atom stereocenters. The molecule has 0 saturated carbocycles. The van der Waals surface area contributed by atoms with Crippen LogP contribution >= 0.6 is 0 Å². The maximum Gasteiger partial charge on any atom is 0.295 e. The number of Topliss-reactive ketones (excluding diaryl/α,β-unsaturated/α-hetero) is 1. The third kappa shape index (κ3) is 4.43. The third-order valence-corrected chi connectivity index (χ3v) is 6.73. The maximum atomic E-state index is 13.4. The van der Waals surface area contributed by atoms with Crippen LogP contribution in [0.1, 0.15) is 63.3 Å². The van der Waals surface area contributed by atoms with Crippen molar-refractivity contribution in [3.8, 4) is 5.75 Å². The fraction of sp³-hybridized carbons (Fsp3) is 0.333. The van der Waals surface area contributed by atoms with Crippen LogP contribution in [0, 0.1) is 0 Å². The molecule has 1 fully saturated rings. The van der Waals surface area contributed by atoms with Gasteiger partial charge in [-0.1, -0.05) is 82.6 Å². The van der Waals surface area contributed by atoms with E-state index in [-0.39, 0.29) is 16.7 Å². The number of nitrogens with zero attached hydrogens (tertiary/aromatic N) is 1. The Morgan fingerprint density at radius 3 is 2.43 bits per heavy atom. The molecule has 1 aliphatic rings. The van der Waals surface area contributed by atoms with Crippen LogP contribution in [0.3, 0.4) is 0 Å². The van der Waals surface area contributed by atoms with E-state index < -0.39 is 17.7 Å². The summed E-state index contributed by atoms with van der Waals surface area (Å²) in [5, 5.41) is 13.6. The Balaban J connectivity index is 2.00. The molecule has 0 aromatic heterocycles. The number of rotatable bonds is 6. The summed E-state index contributed by atoms with van der Waals surface area (Å²) < 4.78 is 5.55. The van der Waals surface area contributed by atoms with Crippen molar-refractivity contribution < 1.29 is 19.4 Å². The highest BCUT2D eigenvalue weighted by atomic mass is 16.5. The van der Waals surface area contributed by atoms with E-state index >= 15 is 0 Å². The molecule has 1 saturated heterocycles. The van der Waals surface area contributed by atoms with Crippen LogP contribution in [0.5, 0.6) is 5.75 Å². The zero-order chi connectivity index (χ0) is 25.3. The zero-order valence-electron chi connectivity index (χ0n) is 21.1. The number of hydrogen-bond acceptors (Lipinski definition) is 4. The molecule has 1 aliphatic heterocycles. The van der Waals surface area contributed by atoms with Gasteiger partial charge in [0.1, 0.15) is 11.5 Å². The van der Waals surface area contributed by atoms with Crippen LogP contribution in [0.2, 0.25) is 0 Å². The number of hydrogen-bond donors (Lipinski definition) is 1. The minimum Gasteiger partial charge on any atom is -0.507 e. The van der Waals surface area contributed by atoms with Crippen molar-refractivity contribution in [1.82, 2.24) is 4.90 Å². The van der Waals surface area contributed by atoms with Gasteiger partial charge in [-0.3, -0.25) is 9.59 Å². The van der Waals surface area contributed by atoms with E-state index in [1.165, 1.54) is 7.11 Å². The number of aliphatic hydroxyl groups is 1. The fourth-order valence-corrected chi connectivity index (χ4v) is 4.76. The Labute approximate surface area is 207 Å². The van der Waals surface area contributed by atoms with Gasteiger partial charge < -0.3 is 14.7 Å². The molecule has 1 amide bonds. The summed E-state index contributed by atoms with van der Waals surface area (Å²) in [4.78, 5) is 28.3. The Morgan fingerprint density at radius 2 is 1.74 bits per heavy atom. The summed E-state index contributed by atoms with van der Waals surface area (Å²) in [5.41, 5.74) is 2.15. The van der Waals surface area contributed by atoms with E-state index in [2.05, 4.69) is 20.8 Å². The Kier molecular flexibility index (Phi) is 6.70.